The summed E-state index contributed by atoms with van der Waals surface area (Å²) in [7, 11) is 0. The highest BCUT2D eigenvalue weighted by Crippen LogP contribution is 2.10. The number of rotatable bonds is 8. The van der Waals surface area contributed by atoms with Gasteiger partial charge >= 0.3 is 0 Å². The molecule has 0 aliphatic heterocycles. The van der Waals surface area contributed by atoms with Gasteiger partial charge in [0.2, 0.25) is 0 Å². The molecule has 0 spiro atoms. The maximum Gasteiger partial charge on any atom is 0.120 e. The summed E-state index contributed by atoms with van der Waals surface area (Å²) in [5, 5.41) is 0. The molecule has 0 saturated heterocycles. The summed E-state index contributed by atoms with van der Waals surface area (Å²) in [5.74, 6) is 0.570. The highest BCUT2D eigenvalue weighted by atomic mass is 16.5. The van der Waals surface area contributed by atoms with Crippen molar-refractivity contribution in [2.24, 2.45) is 5.92 Å². The predicted octanol–water partition coefficient (Wildman–Crippen LogP) is 3.21. The average molecular weight is 220 g/mol. The number of ether oxygens (including phenoxy) is 1. The Morgan fingerprint density at radius 3 is 2.69 bits per heavy atom. The van der Waals surface area contributed by atoms with Crippen LogP contribution in [0.1, 0.15) is 31.7 Å². The number of carbonyl (C=O) groups is 1. The van der Waals surface area contributed by atoms with E-state index < -0.39 is 0 Å². The molecule has 0 aliphatic carbocycles. The van der Waals surface area contributed by atoms with E-state index in [0.717, 1.165) is 25.7 Å². The maximum absolute atomic E-state index is 10.2. The van der Waals surface area contributed by atoms with E-state index in [2.05, 4.69) is 19.1 Å². The molecule has 0 saturated carbocycles. The van der Waals surface area contributed by atoms with E-state index >= 15 is 0 Å². The Kier molecular flexibility index (Phi) is 6.50. The highest BCUT2D eigenvalue weighted by Gasteiger charge is 2.01. The molecular formula is C14H20O2. The monoisotopic (exact) mass is 220 g/mol. The van der Waals surface area contributed by atoms with E-state index in [1.165, 1.54) is 5.56 Å². The van der Waals surface area contributed by atoms with Crippen molar-refractivity contribution >= 4 is 6.29 Å². The van der Waals surface area contributed by atoms with E-state index in [4.69, 9.17) is 4.74 Å². The fraction of sp³-hybridized carbons (Fsp3) is 0.500. The van der Waals surface area contributed by atoms with Gasteiger partial charge in [0.05, 0.1) is 6.61 Å². The second kappa shape index (κ2) is 8.05. The van der Waals surface area contributed by atoms with Crippen LogP contribution in [0, 0.1) is 5.92 Å². The molecule has 0 heterocycles. The third kappa shape index (κ3) is 5.66. The molecule has 0 aromatic heterocycles. The van der Waals surface area contributed by atoms with Crippen molar-refractivity contribution in [3.05, 3.63) is 35.9 Å². The molecule has 0 aliphatic rings. The summed E-state index contributed by atoms with van der Waals surface area (Å²) in [6.45, 7) is 3.62. The average Bonchev–Trinajstić information content (AvgIpc) is 2.33. The largest absolute Gasteiger partial charge is 0.377 e. The van der Waals surface area contributed by atoms with Gasteiger partial charge in [0.1, 0.15) is 6.29 Å². The Bertz CT molecular complexity index is 282. The van der Waals surface area contributed by atoms with Crippen molar-refractivity contribution in [2.75, 3.05) is 6.61 Å². The number of carbonyl (C=O) groups excluding carboxylic acids is 1. The SMILES string of the molecule is C[C@@H](CCC=O)CCOCc1ccccc1. The van der Waals surface area contributed by atoms with Gasteiger partial charge in [-0.3, -0.25) is 0 Å². The second-order valence-electron chi connectivity index (χ2n) is 4.18. The molecule has 2 nitrogen and oxygen atoms in total. The van der Waals surface area contributed by atoms with Crippen LogP contribution >= 0.6 is 0 Å². The van der Waals surface area contributed by atoms with Gasteiger partial charge in [-0.1, -0.05) is 37.3 Å². The van der Waals surface area contributed by atoms with Crippen LogP contribution in [0.5, 0.6) is 0 Å². The van der Waals surface area contributed by atoms with Gasteiger partial charge in [0, 0.05) is 13.0 Å². The van der Waals surface area contributed by atoms with Crippen LogP contribution in [-0.4, -0.2) is 12.9 Å². The summed E-state index contributed by atoms with van der Waals surface area (Å²) >= 11 is 0. The van der Waals surface area contributed by atoms with Gasteiger partial charge < -0.3 is 9.53 Å². The summed E-state index contributed by atoms with van der Waals surface area (Å²) in [6.07, 6.45) is 3.65. The van der Waals surface area contributed by atoms with Crippen LogP contribution in [0.15, 0.2) is 30.3 Å². The van der Waals surface area contributed by atoms with Crippen LogP contribution in [0.3, 0.4) is 0 Å². The quantitative estimate of drug-likeness (QED) is 0.496. The van der Waals surface area contributed by atoms with Crippen molar-refractivity contribution in [1.82, 2.24) is 0 Å². The van der Waals surface area contributed by atoms with Gasteiger partial charge in [-0.2, -0.15) is 0 Å². The third-order valence-corrected chi connectivity index (χ3v) is 2.64. The zero-order valence-corrected chi connectivity index (χ0v) is 9.89. The summed E-state index contributed by atoms with van der Waals surface area (Å²) in [4.78, 5) is 10.2. The molecule has 0 N–H and O–H groups in total. The first kappa shape index (κ1) is 12.9. The third-order valence-electron chi connectivity index (χ3n) is 2.64. The molecule has 0 fully saturated rings. The van der Waals surface area contributed by atoms with Crippen LogP contribution in [0.2, 0.25) is 0 Å². The molecule has 0 radical (unpaired) electrons. The number of benzene rings is 1. The summed E-state index contributed by atoms with van der Waals surface area (Å²) < 4.78 is 5.58. The standard InChI is InChI=1S/C14H20O2/c1-13(6-5-10-15)9-11-16-12-14-7-3-2-4-8-14/h2-4,7-8,10,13H,5-6,9,11-12H2,1H3/t13-/m0/s1. The van der Waals surface area contributed by atoms with Crippen molar-refractivity contribution in [3.8, 4) is 0 Å². The maximum atomic E-state index is 10.2. The smallest absolute Gasteiger partial charge is 0.120 e. The summed E-state index contributed by atoms with van der Waals surface area (Å²) in [6, 6.07) is 10.2. The summed E-state index contributed by atoms with van der Waals surface area (Å²) in [5.41, 5.74) is 1.21. The van der Waals surface area contributed by atoms with Gasteiger partial charge in [-0.15, -0.1) is 0 Å². The molecule has 0 unspecified atom stereocenters. The lowest BCUT2D eigenvalue weighted by molar-refractivity contribution is -0.108. The molecule has 1 aromatic rings. The zero-order valence-electron chi connectivity index (χ0n) is 9.89. The highest BCUT2D eigenvalue weighted by molar-refractivity contribution is 5.49. The fourth-order valence-corrected chi connectivity index (χ4v) is 1.55. The molecular weight excluding hydrogens is 200 g/mol. The van der Waals surface area contributed by atoms with E-state index in [1.807, 2.05) is 18.2 Å². The van der Waals surface area contributed by atoms with Crippen LogP contribution in [-0.2, 0) is 16.1 Å². The molecule has 2 heteroatoms. The molecule has 88 valence electrons. The number of hydrogen-bond acceptors (Lipinski definition) is 2. The lowest BCUT2D eigenvalue weighted by Crippen LogP contribution is -2.02. The van der Waals surface area contributed by atoms with E-state index in [-0.39, 0.29) is 0 Å². The minimum atomic E-state index is 0.570. The molecule has 0 bridgehead atoms. The first-order valence-corrected chi connectivity index (χ1v) is 5.88. The first-order chi connectivity index (χ1) is 7.83. The Hall–Kier alpha value is -1.15. The lowest BCUT2D eigenvalue weighted by atomic mass is 10.0. The topological polar surface area (TPSA) is 26.3 Å². The van der Waals surface area contributed by atoms with Gasteiger partial charge in [-0.25, -0.2) is 0 Å². The van der Waals surface area contributed by atoms with E-state index in [1.54, 1.807) is 0 Å². The fourth-order valence-electron chi connectivity index (χ4n) is 1.55. The first-order valence-electron chi connectivity index (χ1n) is 5.88. The number of hydrogen-bond donors (Lipinski definition) is 0. The van der Waals surface area contributed by atoms with Gasteiger partial charge in [0.25, 0.3) is 0 Å². The zero-order chi connectivity index (χ0) is 11.6. The minimum absolute atomic E-state index is 0.570. The number of aldehydes is 1. The molecule has 16 heavy (non-hydrogen) atoms. The van der Waals surface area contributed by atoms with Crippen LogP contribution < -0.4 is 0 Å². The van der Waals surface area contributed by atoms with Crippen molar-refractivity contribution in [2.45, 2.75) is 32.8 Å². The molecule has 0 amide bonds. The van der Waals surface area contributed by atoms with Crippen LogP contribution in [0.25, 0.3) is 0 Å². The molecule has 1 rings (SSSR count). The molecule has 1 aromatic carbocycles. The Balaban J connectivity index is 2.05. The predicted molar refractivity (Wildman–Crippen MR) is 65.2 cm³/mol. The normalized spacial score (nSPS) is 12.3. The van der Waals surface area contributed by atoms with Gasteiger partial charge in [-0.05, 0) is 24.3 Å². The van der Waals surface area contributed by atoms with Gasteiger partial charge in [0.15, 0.2) is 0 Å². The van der Waals surface area contributed by atoms with Crippen molar-refractivity contribution < 1.29 is 9.53 Å². The Morgan fingerprint density at radius 2 is 2.00 bits per heavy atom. The lowest BCUT2D eigenvalue weighted by Gasteiger charge is -2.09. The second-order valence-corrected chi connectivity index (χ2v) is 4.18. The van der Waals surface area contributed by atoms with E-state index in [9.17, 15) is 4.79 Å². The van der Waals surface area contributed by atoms with Crippen molar-refractivity contribution in [3.63, 3.8) is 0 Å². The Morgan fingerprint density at radius 1 is 1.25 bits per heavy atom. The minimum Gasteiger partial charge on any atom is -0.377 e. The van der Waals surface area contributed by atoms with Crippen molar-refractivity contribution in [1.29, 1.82) is 0 Å². The van der Waals surface area contributed by atoms with E-state index in [0.29, 0.717) is 18.9 Å². The Labute approximate surface area is 97.6 Å². The molecule has 1 atom stereocenters. The van der Waals surface area contributed by atoms with Crippen LogP contribution in [0.4, 0.5) is 0 Å².